The second-order valence-corrected chi connectivity index (χ2v) is 4.84. The molecule has 0 bridgehead atoms. The molecular weight excluding hydrogens is 260 g/mol. The van der Waals surface area contributed by atoms with Gasteiger partial charge in [0.25, 0.3) is 0 Å². The molecule has 0 aliphatic carbocycles. The van der Waals surface area contributed by atoms with Crippen molar-refractivity contribution in [1.29, 1.82) is 0 Å². The molecule has 0 aromatic heterocycles. The van der Waals surface area contributed by atoms with Gasteiger partial charge in [-0.15, -0.1) is 0 Å². The highest BCUT2D eigenvalue weighted by Crippen LogP contribution is 2.20. The monoisotopic (exact) mass is 276 g/mol. The van der Waals surface area contributed by atoms with Gasteiger partial charge in [-0.25, -0.2) is 5.43 Å². The third kappa shape index (κ3) is 3.96. The smallest absolute Gasteiger partial charge is 0.120 e. The lowest BCUT2D eigenvalue weighted by molar-refractivity contribution is 0.267. The molecule has 2 rings (SSSR count). The molecule has 3 N–H and O–H groups in total. The number of hydrogen-bond acceptors (Lipinski definition) is 3. The summed E-state index contributed by atoms with van der Waals surface area (Å²) in [6, 6.07) is 15.4. The van der Waals surface area contributed by atoms with Gasteiger partial charge >= 0.3 is 0 Å². The molecule has 0 heterocycles. The van der Waals surface area contributed by atoms with E-state index in [9.17, 15) is 0 Å². The summed E-state index contributed by atoms with van der Waals surface area (Å²) in [7, 11) is 0. The van der Waals surface area contributed by atoms with Gasteiger partial charge in [-0.3, -0.25) is 5.84 Å². The first-order valence-corrected chi connectivity index (χ1v) is 6.48. The number of benzene rings is 2. The molecule has 2 aromatic carbocycles. The van der Waals surface area contributed by atoms with Crippen molar-refractivity contribution >= 4 is 11.6 Å². The fraction of sp³-hybridized carbons (Fsp3) is 0.200. The van der Waals surface area contributed by atoms with Crippen LogP contribution >= 0.6 is 11.6 Å². The maximum Gasteiger partial charge on any atom is 0.120 e. The van der Waals surface area contributed by atoms with Crippen LogP contribution in [0.25, 0.3) is 0 Å². The van der Waals surface area contributed by atoms with E-state index in [1.54, 1.807) is 6.07 Å². The van der Waals surface area contributed by atoms with Gasteiger partial charge in [-0.05, 0) is 30.7 Å². The zero-order chi connectivity index (χ0) is 13.7. The van der Waals surface area contributed by atoms with E-state index in [1.807, 2.05) is 30.3 Å². The van der Waals surface area contributed by atoms with Crippen molar-refractivity contribution in [3.63, 3.8) is 0 Å². The molecule has 0 saturated heterocycles. The van der Waals surface area contributed by atoms with Crippen molar-refractivity contribution in [2.75, 3.05) is 6.61 Å². The van der Waals surface area contributed by atoms with E-state index in [1.165, 1.54) is 5.56 Å². The Morgan fingerprint density at radius 3 is 2.68 bits per heavy atom. The van der Waals surface area contributed by atoms with Crippen molar-refractivity contribution in [3.05, 3.63) is 64.7 Å². The maximum absolute atomic E-state index is 5.91. The number of hydrogen-bond donors (Lipinski definition) is 2. The summed E-state index contributed by atoms with van der Waals surface area (Å²) in [6.07, 6.45) is 0. The van der Waals surface area contributed by atoms with E-state index in [0.717, 1.165) is 11.3 Å². The van der Waals surface area contributed by atoms with Crippen LogP contribution in [-0.2, 0) is 0 Å². The molecule has 100 valence electrons. The number of halogens is 1. The van der Waals surface area contributed by atoms with E-state index >= 15 is 0 Å². The Balaban J connectivity index is 2.04. The van der Waals surface area contributed by atoms with Crippen LogP contribution in [0.1, 0.15) is 17.2 Å². The van der Waals surface area contributed by atoms with Gasteiger partial charge in [-0.2, -0.15) is 0 Å². The third-order valence-corrected chi connectivity index (χ3v) is 3.09. The Labute approximate surface area is 118 Å². The number of nitrogens with one attached hydrogen (secondary N) is 1. The highest BCUT2D eigenvalue weighted by atomic mass is 35.5. The van der Waals surface area contributed by atoms with Crippen molar-refractivity contribution in [3.8, 4) is 5.75 Å². The lowest BCUT2D eigenvalue weighted by Crippen LogP contribution is -2.32. The van der Waals surface area contributed by atoms with Gasteiger partial charge in [0.2, 0.25) is 0 Å². The molecule has 4 heteroatoms. The summed E-state index contributed by atoms with van der Waals surface area (Å²) in [5, 5.41) is 0.658. The second-order valence-electron chi connectivity index (χ2n) is 4.40. The first-order valence-electron chi connectivity index (χ1n) is 6.10. The van der Waals surface area contributed by atoms with E-state index in [-0.39, 0.29) is 6.04 Å². The summed E-state index contributed by atoms with van der Waals surface area (Å²) in [5.41, 5.74) is 5.07. The molecule has 0 saturated carbocycles. The first-order chi connectivity index (χ1) is 9.19. The fourth-order valence-electron chi connectivity index (χ4n) is 1.86. The summed E-state index contributed by atoms with van der Waals surface area (Å²) in [6.45, 7) is 2.50. The van der Waals surface area contributed by atoms with E-state index < -0.39 is 0 Å². The molecule has 0 aliphatic heterocycles. The van der Waals surface area contributed by atoms with Gasteiger partial charge in [0.15, 0.2) is 0 Å². The van der Waals surface area contributed by atoms with Gasteiger partial charge in [-0.1, -0.05) is 47.5 Å². The minimum atomic E-state index is -0.0566. The zero-order valence-electron chi connectivity index (χ0n) is 10.8. The van der Waals surface area contributed by atoms with Gasteiger partial charge in [0.05, 0.1) is 6.04 Å². The van der Waals surface area contributed by atoms with Crippen LogP contribution in [0.2, 0.25) is 5.02 Å². The highest BCUT2D eigenvalue weighted by molar-refractivity contribution is 6.30. The molecule has 1 unspecified atom stereocenters. The molecule has 0 spiro atoms. The molecule has 0 aliphatic rings. The molecule has 1 atom stereocenters. The Morgan fingerprint density at radius 1 is 1.21 bits per heavy atom. The predicted octanol–water partition coefficient (Wildman–Crippen LogP) is 3.23. The zero-order valence-corrected chi connectivity index (χ0v) is 11.5. The van der Waals surface area contributed by atoms with Crippen molar-refractivity contribution in [2.24, 2.45) is 5.84 Å². The Bertz CT molecular complexity index is 545. The summed E-state index contributed by atoms with van der Waals surface area (Å²) in [5.74, 6) is 6.33. The Hall–Kier alpha value is -1.55. The lowest BCUT2D eigenvalue weighted by atomic mass is 10.1. The third-order valence-electron chi connectivity index (χ3n) is 2.86. The summed E-state index contributed by atoms with van der Waals surface area (Å²) in [4.78, 5) is 0. The molecule has 0 fully saturated rings. The first kappa shape index (κ1) is 13.9. The van der Waals surface area contributed by atoms with Crippen molar-refractivity contribution in [1.82, 2.24) is 5.43 Å². The van der Waals surface area contributed by atoms with E-state index in [4.69, 9.17) is 22.2 Å². The average molecular weight is 277 g/mol. The van der Waals surface area contributed by atoms with Gasteiger partial charge < -0.3 is 4.74 Å². The topological polar surface area (TPSA) is 47.3 Å². The molecule has 0 amide bonds. The molecule has 19 heavy (non-hydrogen) atoms. The van der Waals surface area contributed by atoms with E-state index in [2.05, 4.69) is 24.5 Å². The Morgan fingerprint density at radius 2 is 2.00 bits per heavy atom. The molecule has 3 nitrogen and oxygen atoms in total. The van der Waals surface area contributed by atoms with Crippen LogP contribution in [0.3, 0.4) is 0 Å². The number of hydrazine groups is 1. The minimum Gasteiger partial charge on any atom is -0.492 e. The average Bonchev–Trinajstić information content (AvgIpc) is 2.40. The molecule has 2 aromatic rings. The normalized spacial score (nSPS) is 12.2. The van der Waals surface area contributed by atoms with Crippen LogP contribution in [0.15, 0.2) is 48.5 Å². The number of aryl methyl sites for hydroxylation is 1. The number of ether oxygens (including phenoxy) is 1. The highest BCUT2D eigenvalue weighted by Gasteiger charge is 2.10. The maximum atomic E-state index is 5.91. The van der Waals surface area contributed by atoms with Gasteiger partial charge in [0.1, 0.15) is 12.4 Å². The largest absolute Gasteiger partial charge is 0.492 e. The van der Waals surface area contributed by atoms with Gasteiger partial charge in [0, 0.05) is 5.02 Å². The van der Waals surface area contributed by atoms with Crippen molar-refractivity contribution in [2.45, 2.75) is 13.0 Å². The Kier molecular flexibility index (Phi) is 4.80. The van der Waals surface area contributed by atoms with Crippen LogP contribution in [-0.4, -0.2) is 6.61 Å². The number of nitrogens with two attached hydrogens (primary N) is 1. The van der Waals surface area contributed by atoms with E-state index in [0.29, 0.717) is 11.6 Å². The fourth-order valence-corrected chi connectivity index (χ4v) is 2.04. The summed E-state index contributed by atoms with van der Waals surface area (Å²) < 4.78 is 5.71. The molecule has 0 radical (unpaired) electrons. The standard InChI is InChI=1S/C15H17ClN2O/c1-11-4-2-5-12(8-11)15(18-17)10-19-14-7-3-6-13(16)9-14/h2-9,15,18H,10,17H2,1H3. The summed E-state index contributed by atoms with van der Waals surface area (Å²) >= 11 is 5.91. The number of rotatable bonds is 5. The second kappa shape index (κ2) is 6.57. The lowest BCUT2D eigenvalue weighted by Gasteiger charge is -2.17. The minimum absolute atomic E-state index is 0.0566. The van der Waals surface area contributed by atoms with Crippen molar-refractivity contribution < 1.29 is 4.74 Å². The SMILES string of the molecule is Cc1cccc(C(COc2cccc(Cl)c2)NN)c1. The van der Waals surface area contributed by atoms with Crippen LogP contribution in [0.5, 0.6) is 5.75 Å². The quantitative estimate of drug-likeness (QED) is 0.651. The van der Waals surface area contributed by atoms with Crippen LogP contribution in [0, 0.1) is 6.92 Å². The van der Waals surface area contributed by atoms with Crippen LogP contribution < -0.4 is 16.0 Å². The predicted molar refractivity (Wildman–Crippen MR) is 78.2 cm³/mol. The van der Waals surface area contributed by atoms with Crippen LogP contribution in [0.4, 0.5) is 0 Å². The molecular formula is C15H17ClN2O.